The van der Waals surface area contributed by atoms with Crippen LogP contribution in [0.4, 0.5) is 28.7 Å². The lowest BCUT2D eigenvalue weighted by Crippen LogP contribution is -2.06. The van der Waals surface area contributed by atoms with Crippen LogP contribution in [0.15, 0.2) is 54.9 Å². The van der Waals surface area contributed by atoms with Gasteiger partial charge in [-0.15, -0.1) is 0 Å². The molecule has 0 unspecified atom stereocenters. The number of aromatic nitrogens is 2. The Morgan fingerprint density at radius 2 is 1.68 bits per heavy atom. The first-order valence-electron chi connectivity index (χ1n) is 8.26. The molecule has 28 heavy (non-hydrogen) atoms. The molecule has 0 aliphatic rings. The molecule has 142 valence electrons. The minimum Gasteiger partial charge on any atom is -0.465 e. The summed E-state index contributed by atoms with van der Waals surface area (Å²) in [4.78, 5) is 30.6. The van der Waals surface area contributed by atoms with E-state index in [0.717, 1.165) is 5.56 Å². The van der Waals surface area contributed by atoms with E-state index in [1.165, 1.54) is 13.4 Å². The van der Waals surface area contributed by atoms with E-state index in [9.17, 15) is 14.9 Å². The highest BCUT2D eigenvalue weighted by molar-refractivity contribution is 5.90. The molecule has 0 aliphatic heterocycles. The van der Waals surface area contributed by atoms with Crippen molar-refractivity contribution < 1.29 is 14.5 Å². The van der Waals surface area contributed by atoms with Gasteiger partial charge in [0.1, 0.15) is 6.33 Å². The van der Waals surface area contributed by atoms with Crippen molar-refractivity contribution in [3.05, 3.63) is 76.1 Å². The van der Waals surface area contributed by atoms with Crippen LogP contribution in [-0.2, 0) is 4.74 Å². The number of nitro groups is 1. The molecule has 0 radical (unpaired) electrons. The SMILES string of the molecule is COC(=O)c1ccc(Nc2ncnc(Nc3cccc(C)c3)c2[N+](=O)[O-])cc1. The van der Waals surface area contributed by atoms with Gasteiger partial charge in [-0.25, -0.2) is 14.8 Å². The molecule has 0 saturated carbocycles. The molecule has 0 bridgehead atoms. The highest BCUT2D eigenvalue weighted by Gasteiger charge is 2.23. The van der Waals surface area contributed by atoms with Crippen LogP contribution in [0.25, 0.3) is 0 Å². The molecule has 0 atom stereocenters. The highest BCUT2D eigenvalue weighted by Crippen LogP contribution is 2.33. The third-order valence-corrected chi connectivity index (χ3v) is 3.85. The average molecular weight is 379 g/mol. The van der Waals surface area contributed by atoms with Crippen molar-refractivity contribution in [3.63, 3.8) is 0 Å². The fraction of sp³-hybridized carbons (Fsp3) is 0.105. The maximum absolute atomic E-state index is 11.7. The van der Waals surface area contributed by atoms with E-state index < -0.39 is 10.9 Å². The predicted octanol–water partition coefficient (Wildman–Crippen LogP) is 3.97. The maximum atomic E-state index is 11.7. The van der Waals surface area contributed by atoms with Crippen LogP contribution in [0, 0.1) is 17.0 Å². The van der Waals surface area contributed by atoms with Crippen LogP contribution in [0.1, 0.15) is 15.9 Å². The number of aryl methyl sites for hydroxylation is 1. The van der Waals surface area contributed by atoms with Gasteiger partial charge in [0, 0.05) is 11.4 Å². The summed E-state index contributed by atoms with van der Waals surface area (Å²) < 4.78 is 4.65. The molecule has 9 heteroatoms. The standard InChI is InChI=1S/C19H17N5O4/c1-12-4-3-5-15(10-12)23-18-16(24(26)27)17(20-11-21-18)22-14-8-6-13(7-9-14)19(25)28-2/h3-11H,1-2H3,(H2,20,21,22,23). The molecular formula is C19H17N5O4. The fourth-order valence-corrected chi connectivity index (χ4v) is 2.54. The third-order valence-electron chi connectivity index (χ3n) is 3.85. The first-order chi connectivity index (χ1) is 13.5. The summed E-state index contributed by atoms with van der Waals surface area (Å²) in [7, 11) is 1.29. The van der Waals surface area contributed by atoms with E-state index in [2.05, 4.69) is 25.3 Å². The zero-order valence-electron chi connectivity index (χ0n) is 15.2. The number of nitrogens with one attached hydrogen (secondary N) is 2. The molecular weight excluding hydrogens is 362 g/mol. The number of benzene rings is 2. The van der Waals surface area contributed by atoms with Crippen LogP contribution < -0.4 is 10.6 Å². The number of rotatable bonds is 6. The average Bonchev–Trinajstić information content (AvgIpc) is 2.68. The lowest BCUT2D eigenvalue weighted by molar-refractivity contribution is -0.383. The number of hydrogen-bond donors (Lipinski definition) is 2. The Bertz CT molecular complexity index is 1020. The molecule has 0 saturated heterocycles. The molecule has 1 heterocycles. The smallest absolute Gasteiger partial charge is 0.353 e. The second-order valence-corrected chi connectivity index (χ2v) is 5.87. The number of esters is 1. The second-order valence-electron chi connectivity index (χ2n) is 5.87. The normalized spacial score (nSPS) is 10.2. The number of anilines is 4. The lowest BCUT2D eigenvalue weighted by atomic mass is 10.2. The Morgan fingerprint density at radius 1 is 1.04 bits per heavy atom. The van der Waals surface area contributed by atoms with Crippen LogP contribution in [0.2, 0.25) is 0 Å². The number of nitrogens with zero attached hydrogens (tertiary/aromatic N) is 3. The molecule has 0 spiro atoms. The van der Waals surface area contributed by atoms with Gasteiger partial charge in [-0.3, -0.25) is 10.1 Å². The Hall–Kier alpha value is -4.01. The van der Waals surface area contributed by atoms with E-state index in [0.29, 0.717) is 16.9 Å². The summed E-state index contributed by atoms with van der Waals surface area (Å²) in [6.45, 7) is 1.92. The van der Waals surface area contributed by atoms with Gasteiger partial charge in [0.05, 0.1) is 17.6 Å². The van der Waals surface area contributed by atoms with Gasteiger partial charge in [0.15, 0.2) is 0 Å². The van der Waals surface area contributed by atoms with Gasteiger partial charge < -0.3 is 15.4 Å². The molecule has 0 fully saturated rings. The van der Waals surface area contributed by atoms with Crippen molar-refractivity contribution in [1.29, 1.82) is 0 Å². The van der Waals surface area contributed by atoms with Crippen molar-refractivity contribution in [3.8, 4) is 0 Å². The summed E-state index contributed by atoms with van der Waals surface area (Å²) in [6, 6.07) is 13.7. The summed E-state index contributed by atoms with van der Waals surface area (Å²) in [5, 5.41) is 17.5. The summed E-state index contributed by atoms with van der Waals surface area (Å²) >= 11 is 0. The van der Waals surface area contributed by atoms with E-state index in [4.69, 9.17) is 0 Å². The van der Waals surface area contributed by atoms with Gasteiger partial charge >= 0.3 is 11.7 Å². The van der Waals surface area contributed by atoms with Gasteiger partial charge in [0.2, 0.25) is 11.6 Å². The fourth-order valence-electron chi connectivity index (χ4n) is 2.54. The highest BCUT2D eigenvalue weighted by atomic mass is 16.6. The lowest BCUT2D eigenvalue weighted by Gasteiger charge is -2.10. The van der Waals surface area contributed by atoms with Gasteiger partial charge in [-0.05, 0) is 48.9 Å². The summed E-state index contributed by atoms with van der Waals surface area (Å²) in [5.41, 5.74) is 2.28. The summed E-state index contributed by atoms with van der Waals surface area (Å²) in [5.74, 6) is -0.371. The van der Waals surface area contributed by atoms with Crippen molar-refractivity contribution in [2.75, 3.05) is 17.7 Å². The van der Waals surface area contributed by atoms with Crippen molar-refractivity contribution in [1.82, 2.24) is 9.97 Å². The third kappa shape index (κ3) is 4.21. The molecule has 0 amide bonds. The molecule has 3 rings (SSSR count). The van der Waals surface area contributed by atoms with Gasteiger partial charge in [-0.2, -0.15) is 0 Å². The topological polar surface area (TPSA) is 119 Å². The van der Waals surface area contributed by atoms with Crippen LogP contribution in [0.5, 0.6) is 0 Å². The zero-order valence-corrected chi connectivity index (χ0v) is 15.2. The van der Waals surface area contributed by atoms with Crippen molar-refractivity contribution in [2.24, 2.45) is 0 Å². The minimum absolute atomic E-state index is 0.0287. The first-order valence-corrected chi connectivity index (χ1v) is 8.26. The Balaban J connectivity index is 1.91. The molecule has 1 aromatic heterocycles. The number of hydrogen-bond acceptors (Lipinski definition) is 8. The number of ether oxygens (including phenoxy) is 1. The number of carbonyl (C=O) groups excluding carboxylic acids is 1. The maximum Gasteiger partial charge on any atom is 0.353 e. The van der Waals surface area contributed by atoms with E-state index in [1.54, 1.807) is 30.3 Å². The Kier molecular flexibility index (Phi) is 5.45. The number of methoxy groups -OCH3 is 1. The van der Waals surface area contributed by atoms with Gasteiger partial charge in [0.25, 0.3) is 0 Å². The van der Waals surface area contributed by atoms with E-state index in [-0.39, 0.29) is 17.3 Å². The molecule has 2 aromatic carbocycles. The second kappa shape index (κ2) is 8.12. The van der Waals surface area contributed by atoms with Crippen LogP contribution in [0.3, 0.4) is 0 Å². The van der Waals surface area contributed by atoms with Crippen LogP contribution in [-0.4, -0.2) is 28.0 Å². The first kappa shape index (κ1) is 18.8. The monoisotopic (exact) mass is 379 g/mol. The van der Waals surface area contributed by atoms with Crippen molar-refractivity contribution >= 4 is 34.7 Å². The largest absolute Gasteiger partial charge is 0.465 e. The predicted molar refractivity (Wildman–Crippen MR) is 104 cm³/mol. The zero-order chi connectivity index (χ0) is 20.1. The molecule has 3 aromatic rings. The van der Waals surface area contributed by atoms with E-state index >= 15 is 0 Å². The molecule has 0 aliphatic carbocycles. The van der Waals surface area contributed by atoms with Crippen LogP contribution >= 0.6 is 0 Å². The number of carbonyl (C=O) groups is 1. The van der Waals surface area contributed by atoms with Crippen molar-refractivity contribution in [2.45, 2.75) is 6.92 Å². The van der Waals surface area contributed by atoms with Gasteiger partial charge in [-0.1, -0.05) is 12.1 Å². The Morgan fingerprint density at radius 3 is 2.25 bits per heavy atom. The quantitative estimate of drug-likeness (QED) is 0.375. The summed E-state index contributed by atoms with van der Waals surface area (Å²) in [6.07, 6.45) is 1.23. The minimum atomic E-state index is -0.552. The Labute approximate surface area is 160 Å². The molecule has 9 nitrogen and oxygen atoms in total. The molecule has 2 N–H and O–H groups in total. The van der Waals surface area contributed by atoms with E-state index in [1.807, 2.05) is 25.1 Å².